The summed E-state index contributed by atoms with van der Waals surface area (Å²) in [6, 6.07) is 9.03. The van der Waals surface area contributed by atoms with Gasteiger partial charge < -0.3 is 19.9 Å². The fraction of sp³-hybridized carbons (Fsp3) is 0.125. The number of benzene rings is 1. The Morgan fingerprint density at radius 2 is 1.96 bits per heavy atom. The molecule has 7 heteroatoms. The Morgan fingerprint density at radius 3 is 2.70 bits per heavy atom. The largest absolute Gasteiger partial charge is 0.497 e. The SMILES string of the molecule is COC(=O)c1sc2cc(Oc3cccc(OC)c3)cnc2c1N. The summed E-state index contributed by atoms with van der Waals surface area (Å²) in [7, 11) is 2.91. The molecule has 0 unspecified atom stereocenters. The van der Waals surface area contributed by atoms with Gasteiger partial charge in [0.2, 0.25) is 0 Å². The molecule has 0 amide bonds. The average molecular weight is 330 g/mol. The van der Waals surface area contributed by atoms with Crippen LogP contribution in [0.1, 0.15) is 9.67 Å². The van der Waals surface area contributed by atoms with Crippen molar-refractivity contribution < 1.29 is 19.0 Å². The van der Waals surface area contributed by atoms with Crippen LogP contribution in [0.2, 0.25) is 0 Å². The number of esters is 1. The molecule has 118 valence electrons. The van der Waals surface area contributed by atoms with Gasteiger partial charge in [-0.05, 0) is 12.1 Å². The Morgan fingerprint density at radius 1 is 1.17 bits per heavy atom. The number of nitrogen functional groups attached to an aromatic ring is 1. The van der Waals surface area contributed by atoms with Gasteiger partial charge in [-0.15, -0.1) is 11.3 Å². The predicted molar refractivity (Wildman–Crippen MR) is 88.4 cm³/mol. The van der Waals surface area contributed by atoms with E-state index in [9.17, 15) is 4.79 Å². The fourth-order valence-electron chi connectivity index (χ4n) is 2.08. The molecule has 1 aromatic carbocycles. The lowest BCUT2D eigenvalue weighted by atomic mass is 10.3. The van der Waals surface area contributed by atoms with E-state index in [4.69, 9.17) is 19.9 Å². The standard InChI is InChI=1S/C16H14N2O4S/c1-20-9-4-3-5-10(6-9)22-11-7-12-14(18-8-11)13(17)15(23-12)16(19)21-2/h3-8H,17H2,1-2H3. The maximum Gasteiger partial charge on any atom is 0.350 e. The number of nitrogens with zero attached hydrogens (tertiary/aromatic N) is 1. The predicted octanol–water partition coefficient (Wildman–Crippen LogP) is 3.47. The second-order valence-corrected chi connectivity index (χ2v) is 5.69. The molecule has 2 heterocycles. The summed E-state index contributed by atoms with van der Waals surface area (Å²) in [5.41, 5.74) is 6.83. The van der Waals surface area contributed by atoms with E-state index in [1.807, 2.05) is 18.2 Å². The number of hydrogen-bond acceptors (Lipinski definition) is 7. The molecule has 0 spiro atoms. The molecule has 2 N–H and O–H groups in total. The number of fused-ring (bicyclic) bond motifs is 1. The molecule has 0 saturated heterocycles. The minimum atomic E-state index is -0.472. The van der Waals surface area contributed by atoms with Crippen molar-refractivity contribution in [3.05, 3.63) is 41.4 Å². The molecule has 6 nitrogen and oxygen atoms in total. The summed E-state index contributed by atoms with van der Waals surface area (Å²) in [6.07, 6.45) is 1.56. The summed E-state index contributed by atoms with van der Waals surface area (Å²) in [6.45, 7) is 0. The zero-order chi connectivity index (χ0) is 16.4. The van der Waals surface area contributed by atoms with Crippen LogP contribution in [0.15, 0.2) is 36.5 Å². The van der Waals surface area contributed by atoms with Crippen LogP contribution in [-0.4, -0.2) is 25.2 Å². The highest BCUT2D eigenvalue weighted by atomic mass is 32.1. The minimum Gasteiger partial charge on any atom is -0.497 e. The Balaban J connectivity index is 1.95. The maximum atomic E-state index is 11.7. The summed E-state index contributed by atoms with van der Waals surface area (Å²) in [5.74, 6) is 1.40. The third-order valence-corrected chi connectivity index (χ3v) is 4.31. The van der Waals surface area contributed by atoms with Crippen molar-refractivity contribution in [1.29, 1.82) is 0 Å². The monoisotopic (exact) mass is 330 g/mol. The molecule has 3 aromatic rings. The molecule has 0 radical (unpaired) electrons. The van der Waals surface area contributed by atoms with Crippen molar-refractivity contribution in [3.8, 4) is 17.2 Å². The van der Waals surface area contributed by atoms with E-state index in [1.54, 1.807) is 25.4 Å². The maximum absolute atomic E-state index is 11.7. The number of aromatic nitrogens is 1. The van der Waals surface area contributed by atoms with Crippen LogP contribution in [-0.2, 0) is 4.74 Å². The van der Waals surface area contributed by atoms with E-state index >= 15 is 0 Å². The van der Waals surface area contributed by atoms with Gasteiger partial charge in [0.15, 0.2) is 0 Å². The van der Waals surface area contributed by atoms with Crippen LogP contribution in [0, 0.1) is 0 Å². The Labute approximate surface area is 136 Å². The smallest absolute Gasteiger partial charge is 0.350 e. The van der Waals surface area contributed by atoms with Crippen molar-refractivity contribution in [2.24, 2.45) is 0 Å². The van der Waals surface area contributed by atoms with Crippen molar-refractivity contribution >= 4 is 33.2 Å². The molecule has 3 rings (SSSR count). The molecule has 0 aliphatic carbocycles. The summed E-state index contributed by atoms with van der Waals surface area (Å²) in [4.78, 5) is 16.3. The number of anilines is 1. The van der Waals surface area contributed by atoms with Gasteiger partial charge in [-0.25, -0.2) is 9.78 Å². The van der Waals surface area contributed by atoms with E-state index < -0.39 is 5.97 Å². The third kappa shape index (κ3) is 2.91. The number of rotatable bonds is 4. The molecule has 0 fully saturated rings. The van der Waals surface area contributed by atoms with E-state index in [0.29, 0.717) is 33.3 Å². The first-order valence-corrected chi connectivity index (χ1v) is 7.52. The van der Waals surface area contributed by atoms with Gasteiger partial charge in [0, 0.05) is 12.1 Å². The van der Waals surface area contributed by atoms with Crippen molar-refractivity contribution in [1.82, 2.24) is 4.98 Å². The summed E-state index contributed by atoms with van der Waals surface area (Å²) < 4.78 is 16.4. The van der Waals surface area contributed by atoms with Crippen LogP contribution in [0.4, 0.5) is 5.69 Å². The Hall–Kier alpha value is -2.80. The first kappa shape index (κ1) is 15.1. The number of carbonyl (C=O) groups excluding carboxylic acids is 1. The molecule has 0 atom stereocenters. The van der Waals surface area contributed by atoms with E-state index in [-0.39, 0.29) is 0 Å². The van der Waals surface area contributed by atoms with E-state index in [1.165, 1.54) is 18.4 Å². The highest BCUT2D eigenvalue weighted by molar-refractivity contribution is 7.21. The van der Waals surface area contributed by atoms with Gasteiger partial charge in [0.25, 0.3) is 0 Å². The molecule has 0 bridgehead atoms. The van der Waals surface area contributed by atoms with Gasteiger partial charge in [0.1, 0.15) is 27.6 Å². The number of nitrogens with two attached hydrogens (primary N) is 1. The molecule has 0 aliphatic heterocycles. The van der Waals surface area contributed by atoms with E-state index in [0.717, 1.165) is 4.70 Å². The summed E-state index contributed by atoms with van der Waals surface area (Å²) in [5, 5.41) is 0. The fourth-order valence-corrected chi connectivity index (χ4v) is 3.11. The Bertz CT molecular complexity index is 876. The topological polar surface area (TPSA) is 83.7 Å². The normalized spacial score (nSPS) is 10.5. The lowest BCUT2D eigenvalue weighted by Gasteiger charge is -2.06. The van der Waals surface area contributed by atoms with Crippen molar-refractivity contribution in [2.45, 2.75) is 0 Å². The minimum absolute atomic E-state index is 0.324. The first-order chi connectivity index (χ1) is 11.1. The van der Waals surface area contributed by atoms with Gasteiger partial charge in [0.05, 0.1) is 30.8 Å². The molecule has 0 aliphatic rings. The van der Waals surface area contributed by atoms with Gasteiger partial charge in [-0.3, -0.25) is 0 Å². The highest BCUT2D eigenvalue weighted by Gasteiger charge is 2.18. The zero-order valence-corrected chi connectivity index (χ0v) is 13.3. The number of ether oxygens (including phenoxy) is 3. The number of methoxy groups -OCH3 is 2. The zero-order valence-electron chi connectivity index (χ0n) is 12.5. The van der Waals surface area contributed by atoms with Gasteiger partial charge in [-0.2, -0.15) is 0 Å². The lowest BCUT2D eigenvalue weighted by molar-refractivity contribution is 0.0607. The molecule has 2 aromatic heterocycles. The third-order valence-electron chi connectivity index (χ3n) is 3.19. The second kappa shape index (κ2) is 6.13. The van der Waals surface area contributed by atoms with Gasteiger partial charge in [-0.1, -0.05) is 6.07 Å². The molecule has 23 heavy (non-hydrogen) atoms. The number of carbonyl (C=O) groups is 1. The number of pyridine rings is 1. The van der Waals surface area contributed by atoms with Crippen LogP contribution in [0.25, 0.3) is 10.2 Å². The van der Waals surface area contributed by atoms with Crippen LogP contribution < -0.4 is 15.2 Å². The van der Waals surface area contributed by atoms with Gasteiger partial charge >= 0.3 is 5.97 Å². The Kier molecular flexibility index (Phi) is 4.03. The summed E-state index contributed by atoms with van der Waals surface area (Å²) >= 11 is 1.22. The van der Waals surface area contributed by atoms with Crippen molar-refractivity contribution in [2.75, 3.05) is 20.0 Å². The van der Waals surface area contributed by atoms with E-state index in [2.05, 4.69) is 4.98 Å². The molecular weight excluding hydrogens is 316 g/mol. The van der Waals surface area contributed by atoms with Crippen LogP contribution in [0.5, 0.6) is 17.2 Å². The van der Waals surface area contributed by atoms with Crippen molar-refractivity contribution in [3.63, 3.8) is 0 Å². The number of thiophene rings is 1. The van der Waals surface area contributed by atoms with Crippen LogP contribution >= 0.6 is 11.3 Å². The number of hydrogen-bond donors (Lipinski definition) is 1. The first-order valence-electron chi connectivity index (χ1n) is 6.70. The average Bonchev–Trinajstić information content (AvgIpc) is 2.90. The van der Waals surface area contributed by atoms with Crippen LogP contribution in [0.3, 0.4) is 0 Å². The molecular formula is C16H14N2O4S. The molecule has 0 saturated carbocycles. The quantitative estimate of drug-likeness (QED) is 0.738. The lowest BCUT2D eigenvalue weighted by Crippen LogP contribution is -2.01. The second-order valence-electron chi connectivity index (χ2n) is 4.64. The highest BCUT2D eigenvalue weighted by Crippen LogP contribution is 2.35.